The van der Waals surface area contributed by atoms with E-state index in [0.717, 1.165) is 13.2 Å². The number of aromatic nitrogens is 1. The Labute approximate surface area is 168 Å². The molecule has 150 valence electrons. The van der Waals surface area contributed by atoms with E-state index in [-0.39, 0.29) is 21.4 Å². The molecule has 2 N–H and O–H groups in total. The van der Waals surface area contributed by atoms with Crippen LogP contribution < -0.4 is 10.6 Å². The van der Waals surface area contributed by atoms with E-state index in [1.807, 2.05) is 5.32 Å². The van der Waals surface area contributed by atoms with Gasteiger partial charge in [0.05, 0.1) is 17.7 Å². The molecule has 0 spiro atoms. The molecule has 0 aliphatic rings. The SMILES string of the molecule is COC(=O)[C@@](NC(=O)c1ccc(Cl)cc1Cl)(Nc1ccc(C)cn1)C(F)(F)F. The molecule has 1 heterocycles. The molecule has 1 aromatic carbocycles. The van der Waals surface area contributed by atoms with Crippen molar-refractivity contribution < 1.29 is 27.5 Å². The Balaban J connectivity index is 2.51. The molecule has 0 saturated carbocycles. The van der Waals surface area contributed by atoms with Gasteiger partial charge in [-0.25, -0.2) is 9.78 Å². The maximum atomic E-state index is 14.0. The lowest BCUT2D eigenvalue weighted by atomic mass is 10.1. The second-order valence-corrected chi connectivity index (χ2v) is 6.51. The highest BCUT2D eigenvalue weighted by molar-refractivity contribution is 6.36. The fourth-order valence-corrected chi connectivity index (χ4v) is 2.68. The molecule has 0 unspecified atom stereocenters. The number of pyridine rings is 1. The molecule has 0 radical (unpaired) electrons. The van der Waals surface area contributed by atoms with Gasteiger partial charge in [-0.15, -0.1) is 0 Å². The second kappa shape index (κ2) is 8.24. The number of esters is 1. The summed E-state index contributed by atoms with van der Waals surface area (Å²) in [6.07, 6.45) is -4.00. The molecular weight excluding hydrogens is 422 g/mol. The van der Waals surface area contributed by atoms with Crippen molar-refractivity contribution in [1.82, 2.24) is 10.3 Å². The van der Waals surface area contributed by atoms with Gasteiger partial charge < -0.3 is 15.4 Å². The Morgan fingerprint density at radius 1 is 1.14 bits per heavy atom. The van der Waals surface area contributed by atoms with Gasteiger partial charge in [0.1, 0.15) is 5.82 Å². The molecule has 6 nitrogen and oxygen atoms in total. The monoisotopic (exact) mass is 435 g/mol. The fourth-order valence-electron chi connectivity index (χ4n) is 2.19. The van der Waals surface area contributed by atoms with E-state index in [1.54, 1.807) is 12.2 Å². The summed E-state index contributed by atoms with van der Waals surface area (Å²) >= 11 is 11.6. The number of benzene rings is 1. The van der Waals surface area contributed by atoms with Crippen LogP contribution in [0.4, 0.5) is 19.0 Å². The predicted molar refractivity (Wildman–Crippen MR) is 97.3 cm³/mol. The van der Waals surface area contributed by atoms with Crippen molar-refractivity contribution in [3.05, 3.63) is 57.7 Å². The van der Waals surface area contributed by atoms with E-state index >= 15 is 0 Å². The van der Waals surface area contributed by atoms with Crippen molar-refractivity contribution in [2.45, 2.75) is 18.8 Å². The minimum atomic E-state index is -5.29. The number of ether oxygens (including phenoxy) is 1. The molecule has 0 saturated heterocycles. The van der Waals surface area contributed by atoms with Crippen LogP contribution >= 0.6 is 23.2 Å². The highest BCUT2D eigenvalue weighted by Crippen LogP contribution is 2.33. The Morgan fingerprint density at radius 2 is 1.82 bits per heavy atom. The third-order valence-electron chi connectivity index (χ3n) is 3.62. The predicted octanol–water partition coefficient (Wildman–Crippen LogP) is 3.97. The lowest BCUT2D eigenvalue weighted by Gasteiger charge is -2.34. The number of carbonyl (C=O) groups is 2. The number of methoxy groups -OCH3 is 1. The highest BCUT2D eigenvalue weighted by atomic mass is 35.5. The van der Waals surface area contributed by atoms with Gasteiger partial charge >= 0.3 is 17.8 Å². The van der Waals surface area contributed by atoms with Gasteiger partial charge in [-0.2, -0.15) is 13.2 Å². The zero-order chi connectivity index (χ0) is 21.1. The first kappa shape index (κ1) is 21.8. The van der Waals surface area contributed by atoms with Crippen LogP contribution in [-0.4, -0.2) is 35.8 Å². The molecule has 1 aromatic heterocycles. The van der Waals surface area contributed by atoms with Gasteiger partial charge in [0.15, 0.2) is 0 Å². The number of nitrogens with one attached hydrogen (secondary N) is 2. The second-order valence-electron chi connectivity index (χ2n) is 5.66. The summed E-state index contributed by atoms with van der Waals surface area (Å²) in [5, 5.41) is 3.56. The van der Waals surface area contributed by atoms with Crippen LogP contribution in [0.5, 0.6) is 0 Å². The third kappa shape index (κ3) is 4.48. The standard InChI is InChI=1S/C17H14Cl2F3N3O3/c1-9-3-6-13(23-8-9)24-16(15(27)28-2,17(20,21)22)25-14(26)11-5-4-10(18)7-12(11)19/h3-8H,1-2H3,(H,23,24)(H,25,26)/t16-/m0/s1. The zero-order valence-electron chi connectivity index (χ0n) is 14.5. The van der Waals surface area contributed by atoms with Crippen LogP contribution in [0.1, 0.15) is 15.9 Å². The summed E-state index contributed by atoms with van der Waals surface area (Å²) in [5.41, 5.74) is -3.25. The van der Waals surface area contributed by atoms with Crippen molar-refractivity contribution in [2.75, 3.05) is 12.4 Å². The van der Waals surface area contributed by atoms with E-state index in [1.165, 1.54) is 30.5 Å². The van der Waals surface area contributed by atoms with Gasteiger partial charge in [0.2, 0.25) is 0 Å². The van der Waals surface area contributed by atoms with Crippen LogP contribution in [0, 0.1) is 6.92 Å². The summed E-state index contributed by atoms with van der Waals surface area (Å²) in [4.78, 5) is 28.4. The van der Waals surface area contributed by atoms with Gasteiger partial charge in [-0.3, -0.25) is 4.79 Å². The largest absolute Gasteiger partial charge is 0.466 e. The van der Waals surface area contributed by atoms with Crippen LogP contribution in [0.2, 0.25) is 10.0 Å². The quantitative estimate of drug-likeness (QED) is 0.548. The molecule has 0 aliphatic heterocycles. The van der Waals surface area contributed by atoms with Crippen molar-refractivity contribution in [2.24, 2.45) is 0 Å². The number of anilines is 1. The number of hydrogen-bond donors (Lipinski definition) is 2. The number of aryl methyl sites for hydroxylation is 1. The summed E-state index contributed by atoms with van der Waals surface area (Å²) in [7, 11) is 0.758. The van der Waals surface area contributed by atoms with E-state index in [9.17, 15) is 22.8 Å². The fraction of sp³-hybridized carbons (Fsp3) is 0.235. The van der Waals surface area contributed by atoms with Gasteiger partial charge in [-0.1, -0.05) is 29.3 Å². The van der Waals surface area contributed by atoms with Gasteiger partial charge in [0, 0.05) is 11.2 Å². The number of carbonyl (C=O) groups excluding carboxylic acids is 2. The molecule has 0 aliphatic carbocycles. The maximum absolute atomic E-state index is 14.0. The summed E-state index contributed by atoms with van der Waals surface area (Å²) in [6, 6.07) is 6.28. The Kier molecular flexibility index (Phi) is 6.41. The molecule has 1 amide bonds. The van der Waals surface area contributed by atoms with Crippen molar-refractivity contribution in [3.63, 3.8) is 0 Å². The topological polar surface area (TPSA) is 80.3 Å². The number of alkyl halides is 3. The highest BCUT2D eigenvalue weighted by Gasteiger charge is 2.63. The molecular formula is C17H14Cl2F3N3O3. The normalized spacial score (nSPS) is 13.4. The van der Waals surface area contributed by atoms with Crippen molar-refractivity contribution in [3.8, 4) is 0 Å². The zero-order valence-corrected chi connectivity index (χ0v) is 16.0. The smallest absolute Gasteiger partial charge is 0.441 e. The molecule has 2 rings (SSSR count). The molecule has 0 bridgehead atoms. The Morgan fingerprint density at radius 3 is 2.32 bits per heavy atom. The molecule has 28 heavy (non-hydrogen) atoms. The minimum Gasteiger partial charge on any atom is -0.466 e. The summed E-state index contributed by atoms with van der Waals surface area (Å²) in [6.45, 7) is 1.68. The Hall–Kier alpha value is -2.52. The maximum Gasteiger partial charge on any atom is 0.441 e. The first-order valence-corrected chi connectivity index (χ1v) is 8.39. The number of amides is 1. The number of nitrogens with zero attached hydrogens (tertiary/aromatic N) is 1. The minimum absolute atomic E-state index is 0.179. The van der Waals surface area contributed by atoms with E-state index in [0.29, 0.717) is 5.56 Å². The van der Waals surface area contributed by atoms with Crippen LogP contribution in [0.3, 0.4) is 0 Å². The van der Waals surface area contributed by atoms with Crippen LogP contribution in [0.15, 0.2) is 36.5 Å². The average Bonchev–Trinajstić information content (AvgIpc) is 2.61. The number of halogens is 5. The summed E-state index contributed by atoms with van der Waals surface area (Å²) < 4.78 is 46.2. The van der Waals surface area contributed by atoms with Crippen molar-refractivity contribution in [1.29, 1.82) is 0 Å². The van der Waals surface area contributed by atoms with E-state index < -0.39 is 23.7 Å². The number of rotatable bonds is 5. The molecule has 0 fully saturated rings. The molecule has 1 atom stereocenters. The van der Waals surface area contributed by atoms with E-state index in [4.69, 9.17) is 23.2 Å². The van der Waals surface area contributed by atoms with Gasteiger partial charge in [0.25, 0.3) is 5.91 Å². The first-order chi connectivity index (χ1) is 13.0. The average molecular weight is 436 g/mol. The number of hydrogen-bond acceptors (Lipinski definition) is 5. The Bertz CT molecular complexity index is 891. The third-order valence-corrected chi connectivity index (χ3v) is 4.17. The lowest BCUT2D eigenvalue weighted by Crippen LogP contribution is -2.69. The molecule has 2 aromatic rings. The van der Waals surface area contributed by atoms with Gasteiger partial charge in [-0.05, 0) is 36.8 Å². The lowest BCUT2D eigenvalue weighted by molar-refractivity contribution is -0.203. The van der Waals surface area contributed by atoms with E-state index in [2.05, 4.69) is 9.72 Å². The van der Waals surface area contributed by atoms with Crippen molar-refractivity contribution >= 4 is 40.9 Å². The van der Waals surface area contributed by atoms with Crippen LogP contribution in [0.25, 0.3) is 0 Å². The molecule has 11 heteroatoms. The first-order valence-electron chi connectivity index (χ1n) is 7.63. The summed E-state index contributed by atoms with van der Waals surface area (Å²) in [5.74, 6) is -3.37. The van der Waals surface area contributed by atoms with Crippen LogP contribution in [-0.2, 0) is 9.53 Å².